The molecule has 120 valence electrons. The Morgan fingerprint density at radius 2 is 1.87 bits per heavy atom. The number of halogens is 3. The van der Waals surface area contributed by atoms with Crippen molar-refractivity contribution in [3.8, 4) is 0 Å². The molecule has 0 aliphatic heterocycles. The molecule has 0 unspecified atom stereocenters. The number of benzene rings is 2. The second kappa shape index (κ2) is 7.06. The van der Waals surface area contributed by atoms with Crippen LogP contribution in [-0.4, -0.2) is 18.5 Å². The van der Waals surface area contributed by atoms with Gasteiger partial charge in [-0.2, -0.15) is 0 Å². The average molecular weight is 341 g/mol. The highest BCUT2D eigenvalue weighted by Gasteiger charge is 2.12. The summed E-state index contributed by atoms with van der Waals surface area (Å²) < 4.78 is 30.6. The molecule has 0 spiro atoms. The van der Waals surface area contributed by atoms with Crippen LogP contribution in [0.5, 0.6) is 0 Å². The first kappa shape index (κ1) is 16.7. The molecule has 23 heavy (non-hydrogen) atoms. The SMILES string of the molecule is Nc1cc(C(=O)OCC(=O)Nc2ccc(F)c(F)c2)ccc1Cl. The number of hydrogen-bond donors (Lipinski definition) is 2. The zero-order valence-corrected chi connectivity index (χ0v) is 12.4. The van der Waals surface area contributed by atoms with Gasteiger partial charge in [-0.1, -0.05) is 11.6 Å². The van der Waals surface area contributed by atoms with Gasteiger partial charge in [-0.15, -0.1) is 0 Å². The Labute approximate surface area is 135 Å². The summed E-state index contributed by atoms with van der Waals surface area (Å²) in [5, 5.41) is 2.56. The molecule has 0 heterocycles. The highest BCUT2D eigenvalue weighted by atomic mass is 35.5. The zero-order chi connectivity index (χ0) is 17.0. The summed E-state index contributed by atoms with van der Waals surface area (Å²) >= 11 is 5.73. The second-order valence-corrected chi connectivity index (χ2v) is 4.90. The molecule has 3 N–H and O–H groups in total. The van der Waals surface area contributed by atoms with Crippen LogP contribution in [0.2, 0.25) is 5.02 Å². The van der Waals surface area contributed by atoms with Crippen LogP contribution >= 0.6 is 11.6 Å². The third-order valence-corrected chi connectivity index (χ3v) is 3.11. The molecule has 2 aromatic rings. The van der Waals surface area contributed by atoms with E-state index in [0.717, 1.165) is 12.1 Å². The summed E-state index contributed by atoms with van der Waals surface area (Å²) in [7, 11) is 0. The van der Waals surface area contributed by atoms with Gasteiger partial charge in [0.2, 0.25) is 0 Å². The van der Waals surface area contributed by atoms with Crippen LogP contribution in [0.15, 0.2) is 36.4 Å². The van der Waals surface area contributed by atoms with Crippen molar-refractivity contribution in [1.29, 1.82) is 0 Å². The molecular formula is C15H11ClF2N2O3. The van der Waals surface area contributed by atoms with Crippen LogP contribution in [-0.2, 0) is 9.53 Å². The molecule has 0 saturated heterocycles. The molecule has 8 heteroatoms. The number of anilines is 2. The molecule has 1 amide bonds. The molecule has 0 bridgehead atoms. The van der Waals surface area contributed by atoms with Crippen molar-refractivity contribution >= 4 is 34.9 Å². The number of carbonyl (C=O) groups is 2. The number of hydrogen-bond acceptors (Lipinski definition) is 4. The van der Waals surface area contributed by atoms with Gasteiger partial charge in [0.1, 0.15) is 0 Å². The Bertz CT molecular complexity index is 768. The first-order chi connectivity index (χ1) is 10.9. The van der Waals surface area contributed by atoms with Crippen LogP contribution in [0, 0.1) is 11.6 Å². The van der Waals surface area contributed by atoms with Gasteiger partial charge in [0.15, 0.2) is 18.2 Å². The fraction of sp³-hybridized carbons (Fsp3) is 0.0667. The van der Waals surface area contributed by atoms with Crippen LogP contribution in [0.3, 0.4) is 0 Å². The molecule has 0 fully saturated rings. The molecule has 2 rings (SSSR count). The van der Waals surface area contributed by atoms with Gasteiger partial charge >= 0.3 is 5.97 Å². The predicted octanol–water partition coefficient (Wildman–Crippen LogP) is 3.00. The summed E-state index contributed by atoms with van der Waals surface area (Å²) in [6.45, 7) is -0.597. The minimum atomic E-state index is -1.10. The maximum atomic E-state index is 13.0. The lowest BCUT2D eigenvalue weighted by atomic mass is 10.2. The maximum Gasteiger partial charge on any atom is 0.338 e. The highest BCUT2D eigenvalue weighted by molar-refractivity contribution is 6.33. The lowest BCUT2D eigenvalue weighted by Gasteiger charge is -2.07. The number of nitrogens with two attached hydrogens (primary N) is 1. The maximum absolute atomic E-state index is 13.0. The Balaban J connectivity index is 1.91. The molecule has 0 aliphatic carbocycles. The Hall–Kier alpha value is -2.67. The highest BCUT2D eigenvalue weighted by Crippen LogP contribution is 2.20. The van der Waals surface area contributed by atoms with Crippen LogP contribution in [0.1, 0.15) is 10.4 Å². The normalized spacial score (nSPS) is 10.2. The summed E-state index contributed by atoms with van der Waals surface area (Å²) in [6, 6.07) is 7.00. The van der Waals surface area contributed by atoms with Gasteiger partial charge in [0.05, 0.1) is 16.3 Å². The summed E-state index contributed by atoms with van der Waals surface area (Å²) in [4.78, 5) is 23.4. The smallest absolute Gasteiger partial charge is 0.338 e. The van der Waals surface area contributed by atoms with E-state index in [0.29, 0.717) is 0 Å². The molecule has 0 radical (unpaired) electrons. The lowest BCUT2D eigenvalue weighted by molar-refractivity contribution is -0.119. The van der Waals surface area contributed by atoms with Crippen LogP contribution in [0.4, 0.5) is 20.2 Å². The first-order valence-electron chi connectivity index (χ1n) is 6.34. The van der Waals surface area contributed by atoms with E-state index in [-0.39, 0.29) is 22.0 Å². The molecule has 0 aromatic heterocycles. The molecule has 0 atom stereocenters. The fourth-order valence-corrected chi connectivity index (χ4v) is 1.77. The van der Waals surface area contributed by atoms with Crippen molar-refractivity contribution < 1.29 is 23.1 Å². The molecule has 0 saturated carbocycles. The van der Waals surface area contributed by atoms with E-state index in [1.165, 1.54) is 24.3 Å². The van der Waals surface area contributed by atoms with Crippen LogP contribution < -0.4 is 11.1 Å². The summed E-state index contributed by atoms with van der Waals surface area (Å²) in [5.74, 6) is -3.61. The topological polar surface area (TPSA) is 81.4 Å². The Kier molecular flexibility index (Phi) is 5.13. The fourth-order valence-electron chi connectivity index (χ4n) is 1.66. The van der Waals surface area contributed by atoms with E-state index in [1.807, 2.05) is 0 Å². The van der Waals surface area contributed by atoms with E-state index in [1.54, 1.807) is 0 Å². The van der Waals surface area contributed by atoms with E-state index >= 15 is 0 Å². The van der Waals surface area contributed by atoms with Crippen molar-refractivity contribution in [3.63, 3.8) is 0 Å². The number of carbonyl (C=O) groups excluding carboxylic acids is 2. The number of ether oxygens (including phenoxy) is 1. The minimum Gasteiger partial charge on any atom is -0.452 e. The summed E-state index contributed by atoms with van der Waals surface area (Å²) in [5.41, 5.74) is 5.93. The quantitative estimate of drug-likeness (QED) is 0.662. The number of nitrogens with one attached hydrogen (secondary N) is 1. The molecule has 0 aliphatic rings. The van der Waals surface area contributed by atoms with Gasteiger partial charge in [-0.3, -0.25) is 4.79 Å². The van der Waals surface area contributed by atoms with E-state index in [4.69, 9.17) is 22.1 Å². The zero-order valence-electron chi connectivity index (χ0n) is 11.6. The van der Waals surface area contributed by atoms with Gasteiger partial charge in [0, 0.05) is 11.8 Å². The lowest BCUT2D eigenvalue weighted by Crippen LogP contribution is -2.21. The third kappa shape index (κ3) is 4.40. The van der Waals surface area contributed by atoms with Gasteiger partial charge in [-0.05, 0) is 30.3 Å². The van der Waals surface area contributed by atoms with Gasteiger partial charge in [0.25, 0.3) is 5.91 Å². The number of esters is 1. The van der Waals surface area contributed by atoms with E-state index in [9.17, 15) is 18.4 Å². The van der Waals surface area contributed by atoms with E-state index in [2.05, 4.69) is 5.32 Å². The van der Waals surface area contributed by atoms with Crippen molar-refractivity contribution in [2.45, 2.75) is 0 Å². The first-order valence-corrected chi connectivity index (χ1v) is 6.71. The minimum absolute atomic E-state index is 0.0423. The van der Waals surface area contributed by atoms with Gasteiger partial charge in [-0.25, -0.2) is 13.6 Å². The number of amides is 1. The largest absolute Gasteiger partial charge is 0.452 e. The van der Waals surface area contributed by atoms with Crippen LogP contribution in [0.25, 0.3) is 0 Å². The van der Waals surface area contributed by atoms with E-state index < -0.39 is 30.1 Å². The number of rotatable bonds is 4. The van der Waals surface area contributed by atoms with Crippen molar-refractivity contribution in [1.82, 2.24) is 0 Å². The molecule has 5 nitrogen and oxygen atoms in total. The molecular weight excluding hydrogens is 330 g/mol. The summed E-state index contributed by atoms with van der Waals surface area (Å²) in [6.07, 6.45) is 0. The monoisotopic (exact) mass is 340 g/mol. The van der Waals surface area contributed by atoms with Crippen molar-refractivity contribution in [2.24, 2.45) is 0 Å². The molecule has 2 aromatic carbocycles. The Morgan fingerprint density at radius 1 is 1.13 bits per heavy atom. The van der Waals surface area contributed by atoms with Crippen molar-refractivity contribution in [2.75, 3.05) is 17.7 Å². The number of nitrogen functional groups attached to an aromatic ring is 1. The average Bonchev–Trinajstić information content (AvgIpc) is 2.51. The van der Waals surface area contributed by atoms with Gasteiger partial charge < -0.3 is 15.8 Å². The standard InChI is InChI=1S/C15H11ClF2N2O3/c16-10-3-1-8(5-13(10)19)15(22)23-7-14(21)20-9-2-4-11(17)12(18)6-9/h1-6H,7,19H2,(H,20,21). The third-order valence-electron chi connectivity index (χ3n) is 2.77. The Morgan fingerprint density at radius 3 is 2.52 bits per heavy atom. The second-order valence-electron chi connectivity index (χ2n) is 4.49. The predicted molar refractivity (Wildman–Crippen MR) is 81.1 cm³/mol. The van der Waals surface area contributed by atoms with Crippen molar-refractivity contribution in [3.05, 3.63) is 58.6 Å².